The fourth-order valence-corrected chi connectivity index (χ4v) is 1.76. The first kappa shape index (κ1) is 10.5. The van der Waals surface area contributed by atoms with E-state index in [4.69, 9.17) is 0 Å². The van der Waals surface area contributed by atoms with Crippen LogP contribution in [0.15, 0.2) is 36.5 Å². The molecule has 2 aromatic rings. The van der Waals surface area contributed by atoms with Gasteiger partial charge in [0.05, 0.1) is 11.3 Å². The second-order valence-corrected chi connectivity index (χ2v) is 3.75. The molecule has 0 saturated heterocycles. The SMILES string of the molecule is CC(=O)c1c(Nc2ccccc2)c[nH]c1C. The zero-order valence-corrected chi connectivity index (χ0v) is 9.37. The van der Waals surface area contributed by atoms with E-state index >= 15 is 0 Å². The van der Waals surface area contributed by atoms with Crippen LogP contribution in [0.2, 0.25) is 0 Å². The third kappa shape index (κ3) is 1.98. The second-order valence-electron chi connectivity index (χ2n) is 3.75. The summed E-state index contributed by atoms with van der Waals surface area (Å²) in [5.74, 6) is 0.0668. The number of ketones is 1. The number of aromatic amines is 1. The van der Waals surface area contributed by atoms with Gasteiger partial charge in [0, 0.05) is 17.6 Å². The number of Topliss-reactive ketones (excluding diaryl/α,β-unsaturated/α-hetero) is 1. The molecule has 0 aliphatic rings. The molecular weight excluding hydrogens is 200 g/mol. The summed E-state index contributed by atoms with van der Waals surface area (Å²) in [6.07, 6.45) is 1.82. The Morgan fingerprint density at radius 1 is 1.25 bits per heavy atom. The van der Waals surface area contributed by atoms with Gasteiger partial charge in [0.25, 0.3) is 0 Å². The molecule has 0 aliphatic heterocycles. The van der Waals surface area contributed by atoms with Crippen LogP contribution >= 0.6 is 0 Å². The molecule has 3 nitrogen and oxygen atoms in total. The molecule has 1 aromatic carbocycles. The Bertz CT molecular complexity index is 500. The number of anilines is 2. The number of carbonyl (C=O) groups is 1. The minimum atomic E-state index is 0.0668. The lowest BCUT2D eigenvalue weighted by Gasteiger charge is -2.05. The van der Waals surface area contributed by atoms with E-state index < -0.39 is 0 Å². The van der Waals surface area contributed by atoms with Crippen molar-refractivity contribution in [3.05, 3.63) is 47.8 Å². The zero-order chi connectivity index (χ0) is 11.5. The molecular formula is C13H14N2O. The molecule has 2 N–H and O–H groups in total. The van der Waals surface area contributed by atoms with Gasteiger partial charge in [-0.25, -0.2) is 0 Å². The lowest BCUT2D eigenvalue weighted by Crippen LogP contribution is -1.98. The molecule has 1 aromatic heterocycles. The van der Waals surface area contributed by atoms with E-state index in [-0.39, 0.29) is 5.78 Å². The summed E-state index contributed by atoms with van der Waals surface area (Å²) in [5, 5.41) is 3.22. The summed E-state index contributed by atoms with van der Waals surface area (Å²) < 4.78 is 0. The van der Waals surface area contributed by atoms with Crippen LogP contribution in [-0.4, -0.2) is 10.8 Å². The molecule has 3 heteroatoms. The van der Waals surface area contributed by atoms with Gasteiger partial charge in [-0.3, -0.25) is 4.79 Å². The highest BCUT2D eigenvalue weighted by atomic mass is 16.1. The van der Waals surface area contributed by atoms with Gasteiger partial charge in [0.1, 0.15) is 0 Å². The molecule has 2 rings (SSSR count). The maximum absolute atomic E-state index is 11.5. The highest BCUT2D eigenvalue weighted by molar-refractivity contribution is 6.01. The van der Waals surface area contributed by atoms with Crippen molar-refractivity contribution in [2.24, 2.45) is 0 Å². The Morgan fingerprint density at radius 2 is 1.94 bits per heavy atom. The highest BCUT2D eigenvalue weighted by Crippen LogP contribution is 2.23. The fourth-order valence-electron chi connectivity index (χ4n) is 1.76. The molecule has 0 unspecified atom stereocenters. The van der Waals surface area contributed by atoms with E-state index in [9.17, 15) is 4.79 Å². The topological polar surface area (TPSA) is 44.9 Å². The number of para-hydroxylation sites is 1. The Morgan fingerprint density at radius 3 is 2.56 bits per heavy atom. The number of aryl methyl sites for hydroxylation is 1. The molecule has 0 saturated carbocycles. The van der Waals surface area contributed by atoms with Gasteiger partial charge in [-0.15, -0.1) is 0 Å². The van der Waals surface area contributed by atoms with Crippen LogP contribution in [0.5, 0.6) is 0 Å². The summed E-state index contributed by atoms with van der Waals surface area (Å²) >= 11 is 0. The second kappa shape index (κ2) is 4.23. The first-order valence-electron chi connectivity index (χ1n) is 5.19. The number of aromatic nitrogens is 1. The van der Waals surface area contributed by atoms with Gasteiger partial charge in [-0.2, -0.15) is 0 Å². The van der Waals surface area contributed by atoms with E-state index in [2.05, 4.69) is 10.3 Å². The zero-order valence-electron chi connectivity index (χ0n) is 9.37. The van der Waals surface area contributed by atoms with Crippen LogP contribution in [-0.2, 0) is 0 Å². The summed E-state index contributed by atoms with van der Waals surface area (Å²) in [6.45, 7) is 3.47. The maximum Gasteiger partial charge on any atom is 0.163 e. The number of benzene rings is 1. The van der Waals surface area contributed by atoms with Gasteiger partial charge in [-0.05, 0) is 26.0 Å². The van der Waals surface area contributed by atoms with Crippen LogP contribution in [0.3, 0.4) is 0 Å². The van der Waals surface area contributed by atoms with Crippen molar-refractivity contribution >= 4 is 17.2 Å². The smallest absolute Gasteiger partial charge is 0.163 e. The first-order chi connectivity index (χ1) is 7.68. The first-order valence-corrected chi connectivity index (χ1v) is 5.19. The molecule has 0 aliphatic carbocycles. The Labute approximate surface area is 94.5 Å². The summed E-state index contributed by atoms with van der Waals surface area (Å²) in [6, 6.07) is 9.79. The molecule has 0 spiro atoms. The van der Waals surface area contributed by atoms with Gasteiger partial charge in [-0.1, -0.05) is 18.2 Å². The number of hydrogen-bond acceptors (Lipinski definition) is 2. The van der Waals surface area contributed by atoms with Crippen LogP contribution in [0.4, 0.5) is 11.4 Å². The summed E-state index contributed by atoms with van der Waals surface area (Å²) in [4.78, 5) is 14.5. The standard InChI is InChI=1S/C13H14N2O/c1-9-13(10(2)16)12(8-14-9)15-11-6-4-3-5-7-11/h3-8,14-15H,1-2H3. The third-order valence-electron chi connectivity index (χ3n) is 2.48. The largest absolute Gasteiger partial charge is 0.363 e. The van der Waals surface area contributed by atoms with Crippen molar-refractivity contribution in [1.82, 2.24) is 4.98 Å². The van der Waals surface area contributed by atoms with Crippen molar-refractivity contribution in [1.29, 1.82) is 0 Å². The molecule has 0 bridgehead atoms. The Balaban J connectivity index is 2.32. The minimum absolute atomic E-state index is 0.0668. The number of H-pyrrole nitrogens is 1. The monoisotopic (exact) mass is 214 g/mol. The number of nitrogens with one attached hydrogen (secondary N) is 2. The Kier molecular flexibility index (Phi) is 2.77. The highest BCUT2D eigenvalue weighted by Gasteiger charge is 2.12. The quantitative estimate of drug-likeness (QED) is 0.770. The molecule has 0 amide bonds. The molecule has 16 heavy (non-hydrogen) atoms. The predicted octanol–water partition coefficient (Wildman–Crippen LogP) is 3.27. The van der Waals surface area contributed by atoms with E-state index in [0.717, 1.165) is 22.6 Å². The number of hydrogen-bond donors (Lipinski definition) is 2. The van der Waals surface area contributed by atoms with Crippen LogP contribution in [0, 0.1) is 6.92 Å². The van der Waals surface area contributed by atoms with Gasteiger partial charge >= 0.3 is 0 Å². The summed E-state index contributed by atoms with van der Waals surface area (Å²) in [5.41, 5.74) is 3.43. The summed E-state index contributed by atoms with van der Waals surface area (Å²) in [7, 11) is 0. The molecule has 0 radical (unpaired) electrons. The van der Waals surface area contributed by atoms with Crippen LogP contribution < -0.4 is 5.32 Å². The van der Waals surface area contributed by atoms with Gasteiger partial charge < -0.3 is 10.3 Å². The average molecular weight is 214 g/mol. The number of carbonyl (C=O) groups excluding carboxylic acids is 1. The number of rotatable bonds is 3. The van der Waals surface area contributed by atoms with E-state index in [0.29, 0.717) is 0 Å². The van der Waals surface area contributed by atoms with Crippen molar-refractivity contribution in [2.45, 2.75) is 13.8 Å². The lowest BCUT2D eigenvalue weighted by molar-refractivity contribution is 0.101. The van der Waals surface area contributed by atoms with E-state index in [1.54, 1.807) is 6.92 Å². The van der Waals surface area contributed by atoms with Crippen molar-refractivity contribution < 1.29 is 4.79 Å². The Hall–Kier alpha value is -2.03. The van der Waals surface area contributed by atoms with E-state index in [1.807, 2.05) is 43.5 Å². The van der Waals surface area contributed by atoms with Crippen LogP contribution in [0.25, 0.3) is 0 Å². The van der Waals surface area contributed by atoms with Crippen molar-refractivity contribution in [3.8, 4) is 0 Å². The molecule has 0 fully saturated rings. The van der Waals surface area contributed by atoms with Crippen molar-refractivity contribution in [3.63, 3.8) is 0 Å². The van der Waals surface area contributed by atoms with Crippen LogP contribution in [0.1, 0.15) is 23.0 Å². The van der Waals surface area contributed by atoms with Gasteiger partial charge in [0.2, 0.25) is 0 Å². The fraction of sp³-hybridized carbons (Fsp3) is 0.154. The maximum atomic E-state index is 11.5. The van der Waals surface area contributed by atoms with Crippen molar-refractivity contribution in [2.75, 3.05) is 5.32 Å². The molecule has 0 atom stereocenters. The minimum Gasteiger partial charge on any atom is -0.363 e. The lowest BCUT2D eigenvalue weighted by atomic mass is 10.1. The molecule has 1 heterocycles. The average Bonchev–Trinajstić information content (AvgIpc) is 2.61. The molecule has 82 valence electrons. The predicted molar refractivity (Wildman–Crippen MR) is 65.3 cm³/mol. The normalized spacial score (nSPS) is 10.1. The van der Waals surface area contributed by atoms with E-state index in [1.165, 1.54) is 0 Å². The third-order valence-corrected chi connectivity index (χ3v) is 2.48. The van der Waals surface area contributed by atoms with Gasteiger partial charge in [0.15, 0.2) is 5.78 Å².